The monoisotopic (exact) mass is 1120 g/mol. The molecule has 0 bridgehead atoms. The van der Waals surface area contributed by atoms with Gasteiger partial charge in [-0.1, -0.05) is 170 Å². The minimum atomic E-state index is -2.53. The molecule has 3 aromatic heterocycles. The molecule has 13 rings (SSSR count). The van der Waals surface area contributed by atoms with Crippen molar-refractivity contribution in [2.24, 2.45) is 0 Å². The van der Waals surface area contributed by atoms with Crippen LogP contribution in [-0.4, -0.2) is 47.0 Å². The standard InChI is InChI=1S/C66H40O12S3/c67-53-43-25-13-14-26-44(43)54(68)47(53)29-41-30-50-51(65(41,61(71)75-33-37-17-5-1-6-18-37)62(72)76-34-38-19-7-2-8-20-38)58-60(80-50)52-59(81-58)57-49(32-42(79-57)31-48-55(69)45-27-15-16-28-46(45)56(48)70)66(52,63(73)77-35-39-21-9-3-10-22-39)64(74)78-36-40-23-11-4-12-24-40/h1-32H,33-36H2. The smallest absolute Gasteiger partial charge is 0.333 e. The van der Waals surface area contributed by atoms with Crippen molar-refractivity contribution in [2.45, 2.75) is 37.3 Å². The van der Waals surface area contributed by atoms with Gasteiger partial charge in [0, 0.05) is 48.7 Å². The Bertz CT molecular complexity index is 4090. The number of thiophene rings is 3. The van der Waals surface area contributed by atoms with Gasteiger partial charge in [-0.15, -0.1) is 34.0 Å². The first-order valence-electron chi connectivity index (χ1n) is 25.6. The molecule has 0 unspecified atom stereocenters. The molecule has 6 aromatic carbocycles. The molecule has 4 aliphatic carbocycles. The Balaban J connectivity index is 1.05. The number of ether oxygens (including phenoxy) is 4. The van der Waals surface area contributed by atoms with E-state index >= 15 is 19.2 Å². The Morgan fingerprint density at radius 3 is 1.16 bits per heavy atom. The topological polar surface area (TPSA) is 173 Å². The Labute approximate surface area is 473 Å². The zero-order valence-electron chi connectivity index (χ0n) is 42.4. The molecule has 0 saturated carbocycles. The average Bonchev–Trinajstić information content (AvgIpc) is 1.93. The molecule has 9 aromatic rings. The molecule has 0 saturated heterocycles. The van der Waals surface area contributed by atoms with Crippen molar-refractivity contribution >= 4 is 103 Å². The number of fused-ring (bicyclic) bond motifs is 9. The summed E-state index contributed by atoms with van der Waals surface area (Å²) >= 11 is 3.32. The van der Waals surface area contributed by atoms with Crippen LogP contribution >= 0.6 is 34.0 Å². The Kier molecular flexibility index (Phi) is 12.8. The minimum absolute atomic E-state index is 0.0757. The molecule has 394 valence electrons. The number of esters is 4. The Morgan fingerprint density at radius 1 is 0.395 bits per heavy atom. The van der Waals surface area contributed by atoms with Gasteiger partial charge >= 0.3 is 23.9 Å². The van der Waals surface area contributed by atoms with Crippen molar-refractivity contribution in [3.63, 3.8) is 0 Å². The van der Waals surface area contributed by atoms with Crippen LogP contribution in [0, 0.1) is 0 Å². The number of hydrogen-bond acceptors (Lipinski definition) is 15. The van der Waals surface area contributed by atoms with Crippen LogP contribution in [0.25, 0.3) is 31.3 Å². The summed E-state index contributed by atoms with van der Waals surface area (Å²) < 4.78 is 25.5. The summed E-state index contributed by atoms with van der Waals surface area (Å²) in [5, 5.41) is 0. The van der Waals surface area contributed by atoms with E-state index in [1.165, 1.54) is 24.3 Å². The molecule has 4 aliphatic rings. The zero-order valence-corrected chi connectivity index (χ0v) is 44.9. The Morgan fingerprint density at radius 2 is 0.753 bits per heavy atom. The van der Waals surface area contributed by atoms with Crippen LogP contribution in [0.2, 0.25) is 0 Å². The number of Topliss-reactive ketones (excluding diaryl/α,β-unsaturated/α-hetero) is 4. The largest absolute Gasteiger partial charge is 0.459 e. The van der Waals surface area contributed by atoms with Crippen molar-refractivity contribution in [1.29, 1.82) is 0 Å². The molecule has 0 fully saturated rings. The highest BCUT2D eigenvalue weighted by atomic mass is 32.1. The first-order chi connectivity index (χ1) is 39.5. The summed E-state index contributed by atoms with van der Waals surface area (Å²) in [4.78, 5) is 121. The molecule has 0 spiro atoms. The number of allylic oxidation sites excluding steroid dienone is 3. The molecule has 3 heterocycles. The highest BCUT2D eigenvalue weighted by molar-refractivity contribution is 7.32. The number of carbonyl (C=O) groups excluding carboxylic acids is 8. The fraction of sp³-hybridized carbons (Fsp3) is 0.0909. The number of benzene rings is 6. The Hall–Kier alpha value is -9.54. The third kappa shape index (κ3) is 8.22. The van der Waals surface area contributed by atoms with Gasteiger partial charge in [-0.3, -0.25) is 38.4 Å². The maximum absolute atomic E-state index is 15.8. The van der Waals surface area contributed by atoms with Gasteiger partial charge < -0.3 is 18.9 Å². The van der Waals surface area contributed by atoms with Gasteiger partial charge in [0.05, 0.1) is 30.3 Å². The van der Waals surface area contributed by atoms with Crippen LogP contribution in [-0.2, 0) is 75.4 Å². The van der Waals surface area contributed by atoms with E-state index in [1.807, 2.05) is 12.1 Å². The van der Waals surface area contributed by atoms with Crippen molar-refractivity contribution in [3.8, 4) is 9.75 Å². The molecular weight excluding hydrogens is 1080 g/mol. The average molecular weight is 1120 g/mol. The van der Waals surface area contributed by atoms with Crippen LogP contribution in [0.3, 0.4) is 0 Å². The van der Waals surface area contributed by atoms with E-state index in [1.54, 1.807) is 158 Å². The number of rotatable bonds is 14. The third-order valence-corrected chi connectivity index (χ3v) is 18.6. The number of carbonyl (C=O) groups is 8. The maximum atomic E-state index is 15.8. The van der Waals surface area contributed by atoms with Crippen molar-refractivity contribution in [3.05, 3.63) is 270 Å². The van der Waals surface area contributed by atoms with Crippen LogP contribution in [0.1, 0.15) is 90.1 Å². The first kappa shape index (κ1) is 50.9. The van der Waals surface area contributed by atoms with E-state index in [0.717, 1.165) is 34.0 Å². The van der Waals surface area contributed by atoms with Gasteiger partial charge in [0.1, 0.15) is 26.4 Å². The van der Waals surface area contributed by atoms with E-state index in [2.05, 4.69) is 0 Å². The lowest BCUT2D eigenvalue weighted by molar-refractivity contribution is -0.166. The molecule has 0 N–H and O–H groups in total. The second-order valence-electron chi connectivity index (χ2n) is 19.6. The van der Waals surface area contributed by atoms with Gasteiger partial charge in [-0.05, 0) is 52.1 Å². The summed E-state index contributed by atoms with van der Waals surface area (Å²) in [7, 11) is 0. The van der Waals surface area contributed by atoms with Crippen LogP contribution in [0.5, 0.6) is 0 Å². The second kappa shape index (κ2) is 20.3. The summed E-state index contributed by atoms with van der Waals surface area (Å²) in [6.45, 7) is -1.08. The molecule has 0 amide bonds. The predicted octanol–water partition coefficient (Wildman–Crippen LogP) is 12.4. The fourth-order valence-corrected chi connectivity index (χ4v) is 15.3. The van der Waals surface area contributed by atoms with Gasteiger partial charge in [0.25, 0.3) is 0 Å². The van der Waals surface area contributed by atoms with E-state index in [4.69, 9.17) is 18.9 Å². The normalized spacial score (nSPS) is 14.9. The van der Waals surface area contributed by atoms with Crippen LogP contribution in [0.15, 0.2) is 199 Å². The molecule has 0 radical (unpaired) electrons. The van der Waals surface area contributed by atoms with Crippen LogP contribution < -0.4 is 0 Å². The molecular formula is C66H40O12S3. The van der Waals surface area contributed by atoms with E-state index in [-0.39, 0.29) is 86.8 Å². The summed E-state index contributed by atoms with van der Waals surface area (Å²) in [5.41, 5.74) is -1.70. The number of hydrogen-bond donors (Lipinski definition) is 0. The fourth-order valence-electron chi connectivity index (χ4n) is 11.0. The highest BCUT2D eigenvalue weighted by Gasteiger charge is 2.64. The van der Waals surface area contributed by atoms with Crippen molar-refractivity contribution in [1.82, 2.24) is 0 Å². The van der Waals surface area contributed by atoms with E-state index in [0.29, 0.717) is 46.5 Å². The molecule has 15 heteroatoms. The summed E-state index contributed by atoms with van der Waals surface area (Å²) in [6.07, 6.45) is 4.28. The molecule has 12 nitrogen and oxygen atoms in total. The second-order valence-corrected chi connectivity index (χ2v) is 22.7. The lowest BCUT2D eigenvalue weighted by Crippen LogP contribution is -2.46. The van der Waals surface area contributed by atoms with Gasteiger partial charge in [-0.25, -0.2) is 0 Å². The minimum Gasteiger partial charge on any atom is -0.459 e. The molecule has 81 heavy (non-hydrogen) atoms. The lowest BCUT2D eigenvalue weighted by atomic mass is 9.76. The SMILES string of the molecule is O=C1C(=CC2=Cc3sc4c5c(sc4c3C2(C(=O)OCc2ccccc2)C(=O)OCc2ccccc2)-c2sc(C=C3C(=O)c4ccccc4C3=O)cc2C5(C(=O)OCc2ccccc2)C(=O)OCc2ccccc2)C(=O)c2ccccc21. The quantitative estimate of drug-likeness (QED) is 0.0332. The summed E-state index contributed by atoms with van der Waals surface area (Å²) in [5.74, 6) is -6.33. The zero-order chi connectivity index (χ0) is 55.6. The molecule has 0 atom stereocenters. The summed E-state index contributed by atoms with van der Waals surface area (Å²) in [6, 6.07) is 50.0. The maximum Gasteiger partial charge on any atom is 0.333 e. The van der Waals surface area contributed by atoms with Gasteiger partial charge in [-0.2, -0.15) is 0 Å². The lowest BCUT2D eigenvalue weighted by Gasteiger charge is -2.28. The molecule has 0 aliphatic heterocycles. The van der Waals surface area contributed by atoms with E-state index < -0.39 is 57.8 Å². The van der Waals surface area contributed by atoms with Gasteiger partial charge in [0.2, 0.25) is 10.8 Å². The van der Waals surface area contributed by atoms with E-state index in [9.17, 15) is 19.2 Å². The highest BCUT2D eigenvalue weighted by Crippen LogP contribution is 2.64. The predicted molar refractivity (Wildman–Crippen MR) is 305 cm³/mol. The van der Waals surface area contributed by atoms with Crippen LogP contribution in [0.4, 0.5) is 0 Å². The van der Waals surface area contributed by atoms with Gasteiger partial charge in [0.15, 0.2) is 23.1 Å². The van der Waals surface area contributed by atoms with Crippen molar-refractivity contribution in [2.75, 3.05) is 0 Å². The third-order valence-electron chi connectivity index (χ3n) is 14.9. The number of ketones is 4. The first-order valence-corrected chi connectivity index (χ1v) is 28.0. The van der Waals surface area contributed by atoms with Crippen molar-refractivity contribution < 1.29 is 57.3 Å².